The third kappa shape index (κ3) is 5.89. The van der Waals surface area contributed by atoms with Crippen molar-refractivity contribution in [2.45, 2.75) is 25.8 Å². The van der Waals surface area contributed by atoms with Gasteiger partial charge in [0.25, 0.3) is 5.91 Å². The van der Waals surface area contributed by atoms with Crippen molar-refractivity contribution < 1.29 is 24.2 Å². The van der Waals surface area contributed by atoms with Gasteiger partial charge in [-0.1, -0.05) is 90.5 Å². The van der Waals surface area contributed by atoms with Gasteiger partial charge in [0.05, 0.1) is 17.7 Å². The van der Waals surface area contributed by atoms with Crippen LogP contribution in [0, 0.1) is 6.92 Å². The van der Waals surface area contributed by atoms with Crippen molar-refractivity contribution in [3.8, 4) is 11.1 Å². The molecule has 0 fully saturated rings. The minimum Gasteiger partial charge on any atom is -0.481 e. The Hall–Kier alpha value is -4.91. The number of rotatable bonds is 9. The van der Waals surface area contributed by atoms with Crippen LogP contribution in [0.5, 0.6) is 0 Å². The Labute approximate surface area is 233 Å². The van der Waals surface area contributed by atoms with Gasteiger partial charge in [-0.3, -0.25) is 14.9 Å². The number of hydrogen-bond donors (Lipinski definition) is 2. The molecule has 2 amide bonds. The Morgan fingerprint density at radius 1 is 0.850 bits per heavy atom. The molecule has 0 saturated heterocycles. The minimum atomic E-state index is -0.993. The average molecular weight is 535 g/mol. The fourth-order valence-corrected chi connectivity index (χ4v) is 5.15. The van der Waals surface area contributed by atoms with Gasteiger partial charge in [-0.2, -0.15) is 0 Å². The largest absolute Gasteiger partial charge is 0.481 e. The molecule has 4 aromatic rings. The van der Waals surface area contributed by atoms with Crippen LogP contribution >= 0.6 is 0 Å². The average Bonchev–Trinajstić information content (AvgIpc) is 3.29. The van der Waals surface area contributed by atoms with E-state index in [1.54, 1.807) is 18.2 Å². The summed E-state index contributed by atoms with van der Waals surface area (Å²) in [5, 5.41) is 12.0. The number of anilines is 1. The number of carboxylic acid groups (broad SMARTS) is 1. The number of amides is 2. The summed E-state index contributed by atoms with van der Waals surface area (Å²) in [7, 11) is 0. The molecule has 0 spiro atoms. The van der Waals surface area contributed by atoms with Crippen molar-refractivity contribution in [1.29, 1.82) is 0 Å². The van der Waals surface area contributed by atoms with Crippen LogP contribution in [-0.4, -0.2) is 41.1 Å². The molecule has 0 aliphatic heterocycles. The Morgan fingerprint density at radius 2 is 1.48 bits per heavy atom. The number of hydrogen-bond acceptors (Lipinski definition) is 4. The molecule has 7 heteroatoms. The highest BCUT2D eigenvalue weighted by molar-refractivity contribution is 6.03. The minimum absolute atomic E-state index is 0.0292. The summed E-state index contributed by atoms with van der Waals surface area (Å²) in [4.78, 5) is 39.5. The van der Waals surface area contributed by atoms with E-state index in [4.69, 9.17) is 4.74 Å². The summed E-state index contributed by atoms with van der Waals surface area (Å²) in [6.07, 6.45) is -0.862. The van der Waals surface area contributed by atoms with E-state index in [0.717, 1.165) is 33.4 Å². The summed E-state index contributed by atoms with van der Waals surface area (Å²) in [5.41, 5.74) is 6.78. The molecule has 4 aromatic carbocycles. The number of carbonyl (C=O) groups is 3. The van der Waals surface area contributed by atoms with Gasteiger partial charge < -0.3 is 14.7 Å². The zero-order chi connectivity index (χ0) is 28.1. The zero-order valence-corrected chi connectivity index (χ0v) is 22.2. The number of benzene rings is 4. The Bertz CT molecular complexity index is 1500. The fraction of sp³-hybridized carbons (Fsp3) is 0.182. The van der Waals surface area contributed by atoms with Crippen LogP contribution in [0.2, 0.25) is 0 Å². The van der Waals surface area contributed by atoms with E-state index in [2.05, 4.69) is 29.6 Å². The summed E-state index contributed by atoms with van der Waals surface area (Å²) in [6, 6.07) is 30.7. The van der Waals surface area contributed by atoms with Gasteiger partial charge in [-0.25, -0.2) is 4.79 Å². The zero-order valence-electron chi connectivity index (χ0n) is 22.2. The van der Waals surface area contributed by atoms with Crippen molar-refractivity contribution in [1.82, 2.24) is 4.90 Å². The van der Waals surface area contributed by atoms with Crippen LogP contribution in [0.3, 0.4) is 0 Å². The molecule has 0 heterocycles. The number of nitrogens with one attached hydrogen (secondary N) is 1. The number of ether oxygens (including phenoxy) is 1. The molecule has 202 valence electrons. The second-order valence-corrected chi connectivity index (χ2v) is 9.86. The maximum absolute atomic E-state index is 13.7. The fourth-order valence-electron chi connectivity index (χ4n) is 5.15. The number of aryl methyl sites for hydroxylation is 1. The van der Waals surface area contributed by atoms with Crippen LogP contribution in [0.15, 0.2) is 97.1 Å². The summed E-state index contributed by atoms with van der Waals surface area (Å²) in [6.45, 7) is 2.27. The molecule has 0 saturated carbocycles. The Morgan fingerprint density at radius 3 is 2.12 bits per heavy atom. The van der Waals surface area contributed by atoms with Crippen LogP contribution < -0.4 is 5.32 Å². The first-order valence-corrected chi connectivity index (χ1v) is 13.2. The van der Waals surface area contributed by atoms with E-state index in [1.165, 1.54) is 4.90 Å². The van der Waals surface area contributed by atoms with Crippen molar-refractivity contribution >= 4 is 23.7 Å². The van der Waals surface area contributed by atoms with Gasteiger partial charge in [-0.05, 0) is 46.9 Å². The molecular weight excluding hydrogens is 504 g/mol. The van der Waals surface area contributed by atoms with E-state index < -0.39 is 12.1 Å². The normalized spacial score (nSPS) is 11.8. The highest BCUT2D eigenvalue weighted by Crippen LogP contribution is 2.44. The lowest BCUT2D eigenvalue weighted by atomic mass is 9.98. The Kier molecular flexibility index (Phi) is 7.92. The number of nitrogens with zero attached hydrogens (tertiary/aromatic N) is 1. The van der Waals surface area contributed by atoms with Crippen molar-refractivity contribution in [2.24, 2.45) is 0 Å². The molecule has 7 nitrogen and oxygen atoms in total. The molecule has 0 radical (unpaired) electrons. The van der Waals surface area contributed by atoms with Crippen LogP contribution in [-0.2, 0) is 16.1 Å². The number of carboxylic acids is 1. The van der Waals surface area contributed by atoms with Gasteiger partial charge in [0.2, 0.25) is 0 Å². The van der Waals surface area contributed by atoms with Gasteiger partial charge in [-0.15, -0.1) is 0 Å². The lowest BCUT2D eigenvalue weighted by molar-refractivity contribution is -0.137. The molecule has 1 aliphatic carbocycles. The van der Waals surface area contributed by atoms with Crippen molar-refractivity contribution in [2.75, 3.05) is 18.5 Å². The smallest absolute Gasteiger partial charge is 0.411 e. The third-order valence-electron chi connectivity index (χ3n) is 7.08. The van der Waals surface area contributed by atoms with E-state index in [0.29, 0.717) is 5.69 Å². The van der Waals surface area contributed by atoms with E-state index in [9.17, 15) is 19.5 Å². The van der Waals surface area contributed by atoms with Crippen LogP contribution in [0.1, 0.15) is 45.0 Å². The maximum Gasteiger partial charge on any atom is 0.411 e. The predicted molar refractivity (Wildman–Crippen MR) is 153 cm³/mol. The molecule has 0 unspecified atom stereocenters. The highest BCUT2D eigenvalue weighted by atomic mass is 16.5. The first-order valence-electron chi connectivity index (χ1n) is 13.2. The van der Waals surface area contributed by atoms with Crippen LogP contribution in [0.25, 0.3) is 11.1 Å². The van der Waals surface area contributed by atoms with Gasteiger partial charge >= 0.3 is 12.1 Å². The third-order valence-corrected chi connectivity index (χ3v) is 7.08. The first-order chi connectivity index (χ1) is 19.4. The predicted octanol–water partition coefficient (Wildman–Crippen LogP) is 6.47. The van der Waals surface area contributed by atoms with Crippen molar-refractivity contribution in [3.05, 3.63) is 125 Å². The highest BCUT2D eigenvalue weighted by Gasteiger charge is 2.29. The molecule has 1 aliphatic rings. The number of aliphatic carboxylic acids is 1. The molecular formula is C33H30N2O5. The SMILES string of the molecule is Cc1ccc(NC(=O)OCC2c3ccccc3-c3ccccc32)c(C(=O)N(CCC(=O)O)Cc2ccccc2)c1. The van der Waals surface area contributed by atoms with Crippen molar-refractivity contribution in [3.63, 3.8) is 0 Å². The van der Waals surface area contributed by atoms with E-state index in [-0.39, 0.29) is 43.5 Å². The molecule has 0 bridgehead atoms. The van der Waals surface area contributed by atoms with Gasteiger partial charge in [0, 0.05) is 19.0 Å². The monoisotopic (exact) mass is 534 g/mol. The quantitative estimate of drug-likeness (QED) is 0.256. The topological polar surface area (TPSA) is 95.9 Å². The first kappa shape index (κ1) is 26.7. The van der Waals surface area contributed by atoms with Gasteiger partial charge in [0.15, 0.2) is 0 Å². The van der Waals surface area contributed by atoms with Crippen LogP contribution in [0.4, 0.5) is 10.5 Å². The van der Waals surface area contributed by atoms with Gasteiger partial charge in [0.1, 0.15) is 6.61 Å². The molecule has 40 heavy (non-hydrogen) atoms. The molecule has 2 N–H and O–H groups in total. The summed E-state index contributed by atoms with van der Waals surface area (Å²) < 4.78 is 5.69. The maximum atomic E-state index is 13.7. The lowest BCUT2D eigenvalue weighted by Crippen LogP contribution is -2.33. The Balaban J connectivity index is 1.33. The van der Waals surface area contributed by atoms with E-state index in [1.807, 2.05) is 61.5 Å². The number of carbonyl (C=O) groups excluding carboxylic acids is 2. The van der Waals surface area contributed by atoms with E-state index >= 15 is 0 Å². The standard InChI is InChI=1S/C33H30N2O5/c1-22-15-16-30(28(19-22)32(38)35(18-17-31(36)37)20-23-9-3-2-4-10-23)34-33(39)40-21-29-26-13-7-5-11-24(26)25-12-6-8-14-27(25)29/h2-16,19,29H,17-18,20-21H2,1H3,(H,34,39)(H,36,37). The molecule has 5 rings (SSSR count). The summed E-state index contributed by atoms with van der Waals surface area (Å²) in [5.74, 6) is -1.45. The lowest BCUT2D eigenvalue weighted by Gasteiger charge is -2.24. The second kappa shape index (κ2) is 11.9. The summed E-state index contributed by atoms with van der Waals surface area (Å²) >= 11 is 0. The molecule has 0 atom stereocenters. The number of fused-ring (bicyclic) bond motifs is 3. The molecule has 0 aromatic heterocycles. The second-order valence-electron chi connectivity index (χ2n) is 9.86.